The van der Waals surface area contributed by atoms with Gasteiger partial charge in [0.1, 0.15) is 0 Å². The lowest BCUT2D eigenvalue weighted by molar-refractivity contribution is -0.141. The molecule has 0 aliphatic heterocycles. The van der Waals surface area contributed by atoms with E-state index in [2.05, 4.69) is 26.1 Å². The monoisotopic (exact) mass is 393 g/mol. The first-order valence-corrected chi connectivity index (χ1v) is 7.91. The number of benzene rings is 1. The van der Waals surface area contributed by atoms with Crippen LogP contribution in [0.2, 0.25) is 10.0 Å². The zero-order chi connectivity index (χ0) is 18.8. The van der Waals surface area contributed by atoms with E-state index in [9.17, 15) is 13.2 Å². The first kappa shape index (κ1) is 19.4. The number of hydrogen-bond donors (Lipinski definition) is 3. The van der Waals surface area contributed by atoms with E-state index in [1.807, 2.05) is 0 Å². The average molecular weight is 394 g/mol. The van der Waals surface area contributed by atoms with E-state index in [1.165, 1.54) is 6.07 Å². The summed E-state index contributed by atoms with van der Waals surface area (Å²) in [4.78, 5) is 7.55. The van der Waals surface area contributed by atoms with Gasteiger partial charge in [0.05, 0.1) is 10.7 Å². The Morgan fingerprint density at radius 2 is 1.64 bits per heavy atom. The normalized spacial score (nSPS) is 12.0. The SMILES string of the molecule is CC(C)(C)Nc1nc(NNc2ccc(Cl)cc2Cl)cc(C(F)(F)F)n1. The molecular weight excluding hydrogens is 378 g/mol. The van der Waals surface area contributed by atoms with E-state index < -0.39 is 17.4 Å². The maximum absolute atomic E-state index is 13.1. The third kappa shape index (κ3) is 5.82. The highest BCUT2D eigenvalue weighted by Gasteiger charge is 2.34. The number of aromatic nitrogens is 2. The number of anilines is 3. The Bertz CT molecular complexity index is 760. The second-order valence-electron chi connectivity index (χ2n) is 6.21. The molecule has 2 rings (SSSR count). The fraction of sp³-hybridized carbons (Fsp3) is 0.333. The summed E-state index contributed by atoms with van der Waals surface area (Å²) in [7, 11) is 0. The summed E-state index contributed by atoms with van der Waals surface area (Å²) in [6, 6.07) is 5.47. The van der Waals surface area contributed by atoms with Gasteiger partial charge in [0.25, 0.3) is 0 Å². The maximum atomic E-state index is 13.1. The Morgan fingerprint density at radius 1 is 0.960 bits per heavy atom. The topological polar surface area (TPSA) is 61.9 Å². The van der Waals surface area contributed by atoms with Crippen LogP contribution in [0.15, 0.2) is 24.3 Å². The molecule has 0 aliphatic carbocycles. The largest absolute Gasteiger partial charge is 0.433 e. The predicted molar refractivity (Wildman–Crippen MR) is 94.1 cm³/mol. The van der Waals surface area contributed by atoms with Crippen LogP contribution in [-0.2, 0) is 6.18 Å². The third-order valence-electron chi connectivity index (χ3n) is 2.76. The molecule has 0 saturated heterocycles. The zero-order valence-corrected chi connectivity index (χ0v) is 15.1. The average Bonchev–Trinajstić information content (AvgIpc) is 2.43. The van der Waals surface area contributed by atoms with Crippen LogP contribution in [0.4, 0.5) is 30.6 Å². The highest BCUT2D eigenvalue weighted by Crippen LogP contribution is 2.30. The van der Waals surface area contributed by atoms with E-state index in [1.54, 1.807) is 32.9 Å². The summed E-state index contributed by atoms with van der Waals surface area (Å²) >= 11 is 11.8. The predicted octanol–water partition coefficient (Wildman–Crippen LogP) is 5.45. The van der Waals surface area contributed by atoms with Crippen molar-refractivity contribution in [3.8, 4) is 0 Å². The molecule has 2 aromatic rings. The van der Waals surface area contributed by atoms with E-state index >= 15 is 0 Å². The van der Waals surface area contributed by atoms with Crippen molar-refractivity contribution in [1.29, 1.82) is 0 Å². The van der Waals surface area contributed by atoms with Gasteiger partial charge < -0.3 is 5.32 Å². The molecular formula is C15H16Cl2F3N5. The molecule has 25 heavy (non-hydrogen) atoms. The van der Waals surface area contributed by atoms with E-state index in [-0.39, 0.29) is 11.8 Å². The molecule has 5 nitrogen and oxygen atoms in total. The fourth-order valence-electron chi connectivity index (χ4n) is 1.77. The van der Waals surface area contributed by atoms with Crippen molar-refractivity contribution in [2.24, 2.45) is 0 Å². The lowest BCUT2D eigenvalue weighted by atomic mass is 10.1. The summed E-state index contributed by atoms with van der Waals surface area (Å²) in [5.74, 6) is -0.214. The number of hydrazine groups is 1. The van der Waals surface area contributed by atoms with Crippen LogP contribution in [0.5, 0.6) is 0 Å². The minimum Gasteiger partial charge on any atom is -0.350 e. The Balaban J connectivity index is 2.27. The molecule has 1 aromatic heterocycles. The van der Waals surface area contributed by atoms with Crippen LogP contribution in [0.3, 0.4) is 0 Å². The summed E-state index contributed by atoms with van der Waals surface area (Å²) in [6.45, 7) is 5.36. The minimum atomic E-state index is -4.61. The molecule has 0 unspecified atom stereocenters. The first-order valence-electron chi connectivity index (χ1n) is 7.15. The third-order valence-corrected chi connectivity index (χ3v) is 3.31. The van der Waals surface area contributed by atoms with Crippen molar-refractivity contribution in [1.82, 2.24) is 9.97 Å². The van der Waals surface area contributed by atoms with Gasteiger partial charge >= 0.3 is 6.18 Å². The number of alkyl halides is 3. The zero-order valence-electron chi connectivity index (χ0n) is 13.6. The van der Waals surface area contributed by atoms with Gasteiger partial charge in [0.2, 0.25) is 5.95 Å². The van der Waals surface area contributed by atoms with Crippen molar-refractivity contribution >= 4 is 40.7 Å². The molecule has 0 fully saturated rings. The van der Waals surface area contributed by atoms with E-state index in [0.717, 1.165) is 6.07 Å². The Kier molecular flexibility index (Phi) is 5.53. The van der Waals surface area contributed by atoms with Gasteiger partial charge in [-0.1, -0.05) is 23.2 Å². The molecule has 3 N–H and O–H groups in total. The van der Waals surface area contributed by atoms with Gasteiger partial charge in [-0.05, 0) is 39.0 Å². The Morgan fingerprint density at radius 3 is 2.20 bits per heavy atom. The van der Waals surface area contributed by atoms with E-state index in [0.29, 0.717) is 15.7 Å². The lowest BCUT2D eigenvalue weighted by Crippen LogP contribution is -2.28. The molecule has 0 spiro atoms. The minimum absolute atomic E-state index is 0.0694. The molecule has 0 bridgehead atoms. The highest BCUT2D eigenvalue weighted by molar-refractivity contribution is 6.36. The van der Waals surface area contributed by atoms with Gasteiger partial charge in [0.15, 0.2) is 11.5 Å². The van der Waals surface area contributed by atoms with Gasteiger partial charge in [-0.3, -0.25) is 10.9 Å². The smallest absolute Gasteiger partial charge is 0.350 e. The van der Waals surface area contributed by atoms with Crippen LogP contribution < -0.4 is 16.2 Å². The number of nitrogens with zero attached hydrogens (tertiary/aromatic N) is 2. The maximum Gasteiger partial charge on any atom is 0.433 e. The Labute approximate surface area is 152 Å². The number of halogens is 5. The summed E-state index contributed by atoms with van der Waals surface area (Å²) < 4.78 is 39.2. The van der Waals surface area contributed by atoms with Gasteiger partial charge in [0, 0.05) is 16.6 Å². The van der Waals surface area contributed by atoms with Gasteiger partial charge in [-0.15, -0.1) is 0 Å². The molecule has 136 valence electrons. The number of hydrogen-bond acceptors (Lipinski definition) is 5. The standard InChI is InChI=1S/C15H16Cl2F3N5/c1-14(2,3)23-13-21-11(15(18,19)20)7-12(22-13)25-24-10-5-4-8(16)6-9(10)17/h4-7,24H,1-3H3,(H2,21,22,23,25). The van der Waals surface area contributed by atoms with Crippen LogP contribution >= 0.6 is 23.2 Å². The van der Waals surface area contributed by atoms with Crippen molar-refractivity contribution in [3.05, 3.63) is 40.0 Å². The molecule has 0 aliphatic rings. The number of nitrogens with one attached hydrogen (secondary N) is 3. The summed E-state index contributed by atoms with van der Waals surface area (Å²) in [5, 5.41) is 3.56. The molecule has 0 atom stereocenters. The number of rotatable bonds is 4. The van der Waals surface area contributed by atoms with Crippen LogP contribution in [-0.4, -0.2) is 15.5 Å². The lowest BCUT2D eigenvalue weighted by Gasteiger charge is -2.22. The van der Waals surface area contributed by atoms with Crippen molar-refractivity contribution < 1.29 is 13.2 Å². The van der Waals surface area contributed by atoms with Crippen LogP contribution in [0.25, 0.3) is 0 Å². The highest BCUT2D eigenvalue weighted by atomic mass is 35.5. The van der Waals surface area contributed by atoms with Crippen molar-refractivity contribution in [2.75, 3.05) is 16.2 Å². The van der Waals surface area contributed by atoms with Crippen molar-refractivity contribution in [3.63, 3.8) is 0 Å². The summed E-state index contributed by atoms with van der Waals surface area (Å²) in [6.07, 6.45) is -4.61. The quantitative estimate of drug-likeness (QED) is 0.602. The molecule has 0 radical (unpaired) electrons. The first-order chi connectivity index (χ1) is 11.4. The molecule has 10 heteroatoms. The van der Waals surface area contributed by atoms with Crippen molar-refractivity contribution in [2.45, 2.75) is 32.5 Å². The second kappa shape index (κ2) is 7.13. The molecule has 1 heterocycles. The van der Waals surface area contributed by atoms with Crippen LogP contribution in [0, 0.1) is 0 Å². The Hall–Kier alpha value is -1.93. The van der Waals surface area contributed by atoms with E-state index in [4.69, 9.17) is 23.2 Å². The molecule has 0 amide bonds. The summed E-state index contributed by atoms with van der Waals surface area (Å²) in [5.41, 5.74) is 4.15. The van der Waals surface area contributed by atoms with Gasteiger partial charge in [-0.25, -0.2) is 4.98 Å². The second-order valence-corrected chi connectivity index (χ2v) is 7.05. The molecule has 1 aromatic carbocycles. The van der Waals surface area contributed by atoms with Crippen LogP contribution in [0.1, 0.15) is 26.5 Å². The fourth-order valence-corrected chi connectivity index (χ4v) is 2.23. The molecule has 0 saturated carbocycles. The van der Waals surface area contributed by atoms with Gasteiger partial charge in [-0.2, -0.15) is 18.2 Å².